The van der Waals surface area contributed by atoms with Gasteiger partial charge < -0.3 is 14.6 Å². The third-order valence-corrected chi connectivity index (χ3v) is 5.11. The van der Waals surface area contributed by atoms with Gasteiger partial charge in [0.05, 0.1) is 6.26 Å². The van der Waals surface area contributed by atoms with Gasteiger partial charge in [-0.3, -0.25) is 14.5 Å². The van der Waals surface area contributed by atoms with Gasteiger partial charge in [-0.2, -0.15) is 0 Å². The first-order valence-corrected chi connectivity index (χ1v) is 9.53. The lowest BCUT2D eigenvalue weighted by molar-refractivity contribution is 0.0638. The number of nitrogens with zero attached hydrogens (tertiary/aromatic N) is 2. The van der Waals surface area contributed by atoms with Crippen LogP contribution in [0.5, 0.6) is 0 Å². The summed E-state index contributed by atoms with van der Waals surface area (Å²) in [4.78, 5) is 28.8. The van der Waals surface area contributed by atoms with E-state index in [2.05, 4.69) is 10.2 Å². The van der Waals surface area contributed by atoms with Crippen molar-refractivity contribution in [3.63, 3.8) is 0 Å². The van der Waals surface area contributed by atoms with Crippen LogP contribution in [0.15, 0.2) is 65.3 Å². The number of furan rings is 1. The van der Waals surface area contributed by atoms with Gasteiger partial charge in [0.1, 0.15) is 0 Å². The highest BCUT2D eigenvalue weighted by Crippen LogP contribution is 2.17. The quantitative estimate of drug-likeness (QED) is 0.742. The van der Waals surface area contributed by atoms with E-state index >= 15 is 0 Å². The lowest BCUT2D eigenvalue weighted by atomic mass is 10.1. The van der Waals surface area contributed by atoms with E-state index in [1.54, 1.807) is 12.1 Å². The number of nitrogens with one attached hydrogen (secondary N) is 1. The summed E-state index contributed by atoms with van der Waals surface area (Å²) in [7, 11) is 0. The summed E-state index contributed by atoms with van der Waals surface area (Å²) in [5.74, 6) is 0.206. The molecule has 144 valence electrons. The second kappa shape index (κ2) is 8.27. The molecule has 1 aromatic heterocycles. The lowest BCUT2D eigenvalue weighted by Gasteiger charge is -2.34. The van der Waals surface area contributed by atoms with Crippen molar-refractivity contribution in [1.82, 2.24) is 15.1 Å². The summed E-state index contributed by atoms with van der Waals surface area (Å²) in [6, 6.07) is 17.3. The summed E-state index contributed by atoms with van der Waals surface area (Å²) >= 11 is 0. The Hall–Kier alpha value is -3.12. The third kappa shape index (κ3) is 4.07. The van der Waals surface area contributed by atoms with Crippen LogP contribution in [0.25, 0.3) is 10.8 Å². The topological polar surface area (TPSA) is 65.8 Å². The maximum absolute atomic E-state index is 12.8. The smallest absolute Gasteiger partial charge is 0.287 e. The van der Waals surface area contributed by atoms with Crippen molar-refractivity contribution in [3.8, 4) is 0 Å². The molecule has 6 nitrogen and oxygen atoms in total. The molecule has 0 saturated carbocycles. The monoisotopic (exact) mass is 377 g/mol. The first-order chi connectivity index (χ1) is 13.7. The van der Waals surface area contributed by atoms with Crippen LogP contribution >= 0.6 is 0 Å². The maximum atomic E-state index is 12.8. The van der Waals surface area contributed by atoms with Crippen molar-refractivity contribution in [1.29, 1.82) is 0 Å². The number of fused-ring (bicyclic) bond motifs is 1. The predicted molar refractivity (Wildman–Crippen MR) is 107 cm³/mol. The SMILES string of the molecule is O=C(NCCN1CCN(C(=O)c2ccc3ccccc3c2)CC1)c1ccco1. The van der Waals surface area contributed by atoms with Gasteiger partial charge in [0.2, 0.25) is 0 Å². The summed E-state index contributed by atoms with van der Waals surface area (Å²) < 4.78 is 5.08. The zero-order valence-electron chi connectivity index (χ0n) is 15.6. The van der Waals surface area contributed by atoms with Gasteiger partial charge in [-0.05, 0) is 35.0 Å². The van der Waals surface area contributed by atoms with Gasteiger partial charge in [0.15, 0.2) is 5.76 Å². The number of rotatable bonds is 5. The van der Waals surface area contributed by atoms with E-state index < -0.39 is 0 Å². The van der Waals surface area contributed by atoms with E-state index in [0.29, 0.717) is 25.4 Å². The molecule has 1 N–H and O–H groups in total. The van der Waals surface area contributed by atoms with Crippen molar-refractivity contribution in [2.24, 2.45) is 0 Å². The van der Waals surface area contributed by atoms with E-state index in [4.69, 9.17) is 4.42 Å². The third-order valence-electron chi connectivity index (χ3n) is 5.11. The Kier molecular flexibility index (Phi) is 5.39. The molecule has 0 unspecified atom stereocenters. The molecular weight excluding hydrogens is 354 g/mol. The van der Waals surface area contributed by atoms with Crippen molar-refractivity contribution < 1.29 is 14.0 Å². The van der Waals surface area contributed by atoms with Crippen molar-refractivity contribution in [2.45, 2.75) is 0 Å². The molecule has 1 aliphatic heterocycles. The standard InChI is InChI=1S/C22H23N3O3/c26-21(20-6-3-15-28-20)23-9-10-24-11-13-25(14-12-24)22(27)19-8-7-17-4-1-2-5-18(17)16-19/h1-8,15-16H,9-14H2,(H,23,26). The molecule has 1 fully saturated rings. The molecule has 0 radical (unpaired) electrons. The zero-order valence-corrected chi connectivity index (χ0v) is 15.6. The van der Waals surface area contributed by atoms with E-state index in [-0.39, 0.29) is 11.8 Å². The largest absolute Gasteiger partial charge is 0.459 e. The van der Waals surface area contributed by atoms with E-state index in [9.17, 15) is 9.59 Å². The highest BCUT2D eigenvalue weighted by molar-refractivity contribution is 5.98. The highest BCUT2D eigenvalue weighted by Gasteiger charge is 2.22. The van der Waals surface area contributed by atoms with Gasteiger partial charge in [0, 0.05) is 44.8 Å². The Morgan fingerprint density at radius 2 is 1.71 bits per heavy atom. The molecule has 0 bridgehead atoms. The number of amides is 2. The molecule has 4 rings (SSSR count). The molecule has 2 heterocycles. The molecular formula is C22H23N3O3. The summed E-state index contributed by atoms with van der Waals surface area (Å²) in [6.07, 6.45) is 1.49. The average Bonchev–Trinajstić information content (AvgIpc) is 3.28. The molecule has 1 saturated heterocycles. The fourth-order valence-electron chi connectivity index (χ4n) is 3.50. The molecule has 6 heteroatoms. The number of piperazine rings is 1. The van der Waals surface area contributed by atoms with Crippen LogP contribution < -0.4 is 5.32 Å². The van der Waals surface area contributed by atoms with Crippen LogP contribution in [0.3, 0.4) is 0 Å². The van der Waals surface area contributed by atoms with Crippen LogP contribution in [0.2, 0.25) is 0 Å². The van der Waals surface area contributed by atoms with Crippen LogP contribution in [0.1, 0.15) is 20.9 Å². The second-order valence-electron chi connectivity index (χ2n) is 6.93. The second-order valence-corrected chi connectivity index (χ2v) is 6.93. The number of hydrogen-bond acceptors (Lipinski definition) is 4. The number of benzene rings is 2. The average molecular weight is 377 g/mol. The fourth-order valence-corrected chi connectivity index (χ4v) is 3.50. The Labute approximate surface area is 163 Å². The normalized spacial score (nSPS) is 14.9. The van der Waals surface area contributed by atoms with Crippen LogP contribution in [0.4, 0.5) is 0 Å². The Bertz CT molecular complexity index is 960. The number of hydrogen-bond donors (Lipinski definition) is 1. The van der Waals surface area contributed by atoms with Crippen LogP contribution in [0, 0.1) is 0 Å². The van der Waals surface area contributed by atoms with Gasteiger partial charge >= 0.3 is 0 Å². The van der Waals surface area contributed by atoms with Gasteiger partial charge in [-0.15, -0.1) is 0 Å². The fraction of sp³-hybridized carbons (Fsp3) is 0.273. The van der Waals surface area contributed by atoms with Crippen LogP contribution in [-0.4, -0.2) is 60.9 Å². The van der Waals surface area contributed by atoms with E-state index in [0.717, 1.165) is 36.0 Å². The van der Waals surface area contributed by atoms with E-state index in [1.165, 1.54) is 6.26 Å². The van der Waals surface area contributed by atoms with Gasteiger partial charge in [0.25, 0.3) is 11.8 Å². The molecule has 0 spiro atoms. The Morgan fingerprint density at radius 3 is 2.46 bits per heavy atom. The minimum Gasteiger partial charge on any atom is -0.459 e. The summed E-state index contributed by atoms with van der Waals surface area (Å²) in [6.45, 7) is 4.30. The highest BCUT2D eigenvalue weighted by atomic mass is 16.3. The minimum absolute atomic E-state index is 0.0801. The molecule has 2 amide bonds. The molecule has 3 aromatic rings. The van der Waals surface area contributed by atoms with Gasteiger partial charge in [-0.25, -0.2) is 0 Å². The zero-order chi connectivity index (χ0) is 19.3. The molecule has 1 aliphatic rings. The van der Waals surface area contributed by atoms with Gasteiger partial charge in [-0.1, -0.05) is 30.3 Å². The summed E-state index contributed by atoms with van der Waals surface area (Å²) in [5.41, 5.74) is 0.734. The Morgan fingerprint density at radius 1 is 0.929 bits per heavy atom. The van der Waals surface area contributed by atoms with Crippen molar-refractivity contribution >= 4 is 22.6 Å². The van der Waals surface area contributed by atoms with Crippen molar-refractivity contribution in [3.05, 3.63) is 72.2 Å². The minimum atomic E-state index is -0.199. The first kappa shape index (κ1) is 18.3. The molecule has 2 aromatic carbocycles. The predicted octanol–water partition coefficient (Wildman–Crippen LogP) is 2.62. The number of carbonyl (C=O) groups excluding carboxylic acids is 2. The Balaban J connectivity index is 1.26. The lowest BCUT2D eigenvalue weighted by Crippen LogP contribution is -2.50. The van der Waals surface area contributed by atoms with Crippen molar-refractivity contribution in [2.75, 3.05) is 39.3 Å². The summed E-state index contributed by atoms with van der Waals surface area (Å²) in [5, 5.41) is 5.08. The molecule has 0 atom stereocenters. The first-order valence-electron chi connectivity index (χ1n) is 9.53. The maximum Gasteiger partial charge on any atom is 0.287 e. The van der Waals surface area contributed by atoms with Crippen LogP contribution in [-0.2, 0) is 0 Å². The molecule has 0 aliphatic carbocycles. The molecule has 28 heavy (non-hydrogen) atoms. The number of carbonyl (C=O) groups is 2. The van der Waals surface area contributed by atoms with E-state index in [1.807, 2.05) is 47.4 Å².